The van der Waals surface area contributed by atoms with Crippen LogP contribution >= 0.6 is 0 Å². The lowest BCUT2D eigenvalue weighted by Gasteiger charge is -2.20. The van der Waals surface area contributed by atoms with E-state index in [1.165, 1.54) is 0 Å². The highest BCUT2D eigenvalue weighted by Gasteiger charge is 2.26. The van der Waals surface area contributed by atoms with Gasteiger partial charge in [-0.25, -0.2) is 0 Å². The maximum Gasteiger partial charge on any atom is 0.140 e. The smallest absolute Gasteiger partial charge is 0.140 e. The maximum atomic E-state index is 11.4. The van der Waals surface area contributed by atoms with Gasteiger partial charge in [-0.05, 0) is 30.5 Å². The summed E-state index contributed by atoms with van der Waals surface area (Å²) in [4.78, 5) is 22.8. The molecule has 1 saturated carbocycles. The molecule has 1 aromatic carbocycles. The molecule has 0 radical (unpaired) electrons. The van der Waals surface area contributed by atoms with E-state index in [1.54, 1.807) is 0 Å². The zero-order valence-electron chi connectivity index (χ0n) is 9.94. The third-order valence-electron chi connectivity index (χ3n) is 3.00. The molecule has 0 aromatic heterocycles. The van der Waals surface area contributed by atoms with Gasteiger partial charge in [0.05, 0.1) is 13.0 Å². The fourth-order valence-electron chi connectivity index (χ4n) is 2.22. The van der Waals surface area contributed by atoms with Crippen molar-refractivity contribution in [1.29, 1.82) is 0 Å². The number of carbonyl (C=O) groups excluding carboxylic acids is 2. The van der Waals surface area contributed by atoms with Gasteiger partial charge in [-0.1, -0.05) is 12.1 Å². The van der Waals surface area contributed by atoms with E-state index in [0.717, 1.165) is 11.3 Å². The largest absolute Gasteiger partial charge is 0.494 e. The van der Waals surface area contributed by atoms with Crippen LogP contribution in [0.5, 0.6) is 5.75 Å². The van der Waals surface area contributed by atoms with Crippen molar-refractivity contribution in [3.63, 3.8) is 0 Å². The number of hydrogen-bond acceptors (Lipinski definition) is 3. The van der Waals surface area contributed by atoms with Gasteiger partial charge >= 0.3 is 0 Å². The summed E-state index contributed by atoms with van der Waals surface area (Å²) in [6.45, 7) is 2.58. The Morgan fingerprint density at radius 1 is 1.12 bits per heavy atom. The van der Waals surface area contributed by atoms with Gasteiger partial charge in [-0.2, -0.15) is 0 Å². The molecular weight excluding hydrogens is 216 g/mol. The van der Waals surface area contributed by atoms with Crippen molar-refractivity contribution >= 4 is 11.6 Å². The predicted octanol–water partition coefficient (Wildman–Crippen LogP) is 2.49. The molecule has 1 aliphatic carbocycles. The number of ketones is 2. The first kappa shape index (κ1) is 11.8. The van der Waals surface area contributed by atoms with E-state index in [2.05, 4.69) is 0 Å². The summed E-state index contributed by atoms with van der Waals surface area (Å²) < 4.78 is 5.36. The second-order valence-corrected chi connectivity index (χ2v) is 4.36. The first-order chi connectivity index (χ1) is 8.19. The number of benzene rings is 1. The highest BCUT2D eigenvalue weighted by Crippen LogP contribution is 2.30. The predicted molar refractivity (Wildman–Crippen MR) is 64.2 cm³/mol. The second kappa shape index (κ2) is 5.13. The van der Waals surface area contributed by atoms with Crippen molar-refractivity contribution in [2.24, 2.45) is 0 Å². The molecule has 0 heterocycles. The molecular formula is C14H16O3. The summed E-state index contributed by atoms with van der Waals surface area (Å²) in [5.74, 6) is 0.990. The Labute approximate surface area is 101 Å². The molecule has 3 nitrogen and oxygen atoms in total. The first-order valence-corrected chi connectivity index (χ1v) is 5.95. The van der Waals surface area contributed by atoms with E-state index in [9.17, 15) is 9.59 Å². The molecule has 1 aromatic rings. The normalized spacial score (nSPS) is 17.2. The minimum Gasteiger partial charge on any atom is -0.494 e. The topological polar surface area (TPSA) is 43.4 Å². The molecule has 1 aliphatic rings. The van der Waals surface area contributed by atoms with Crippen LogP contribution in [-0.2, 0) is 9.59 Å². The van der Waals surface area contributed by atoms with Crippen LogP contribution in [0.3, 0.4) is 0 Å². The van der Waals surface area contributed by atoms with Crippen molar-refractivity contribution in [1.82, 2.24) is 0 Å². The van der Waals surface area contributed by atoms with Crippen molar-refractivity contribution in [2.75, 3.05) is 6.61 Å². The fourth-order valence-corrected chi connectivity index (χ4v) is 2.22. The van der Waals surface area contributed by atoms with E-state index >= 15 is 0 Å². The molecule has 17 heavy (non-hydrogen) atoms. The maximum absolute atomic E-state index is 11.4. The minimum absolute atomic E-state index is 0.0550. The molecule has 2 rings (SSSR count). The molecule has 90 valence electrons. The summed E-state index contributed by atoms with van der Waals surface area (Å²) in [7, 11) is 0. The number of ether oxygens (including phenoxy) is 1. The van der Waals surface area contributed by atoms with Crippen LogP contribution in [0.15, 0.2) is 24.3 Å². The van der Waals surface area contributed by atoms with Gasteiger partial charge in [0.25, 0.3) is 0 Å². The van der Waals surface area contributed by atoms with Crippen LogP contribution in [-0.4, -0.2) is 18.2 Å². The van der Waals surface area contributed by atoms with Crippen molar-refractivity contribution in [2.45, 2.75) is 32.1 Å². The van der Waals surface area contributed by atoms with E-state index in [-0.39, 0.29) is 23.9 Å². The SMILES string of the molecule is CCOc1ccc(C2CC(=O)CC(=O)C2)cc1. The van der Waals surface area contributed by atoms with Gasteiger partial charge in [-0.15, -0.1) is 0 Å². The molecule has 0 saturated heterocycles. The molecule has 0 spiro atoms. The first-order valence-electron chi connectivity index (χ1n) is 5.95. The van der Waals surface area contributed by atoms with E-state index in [4.69, 9.17) is 4.74 Å². The van der Waals surface area contributed by atoms with Crippen molar-refractivity contribution in [3.8, 4) is 5.75 Å². The van der Waals surface area contributed by atoms with Gasteiger partial charge in [0, 0.05) is 12.8 Å². The van der Waals surface area contributed by atoms with Gasteiger partial charge in [0.15, 0.2) is 0 Å². The standard InChI is InChI=1S/C14H16O3/c1-2-17-14-5-3-10(4-6-14)11-7-12(15)9-13(16)8-11/h3-6,11H,2,7-9H2,1H3. The van der Waals surface area contributed by atoms with Gasteiger partial charge in [0.2, 0.25) is 0 Å². The quantitative estimate of drug-likeness (QED) is 0.752. The molecule has 0 N–H and O–H groups in total. The molecule has 3 heteroatoms. The minimum atomic E-state index is 0.0550. The zero-order chi connectivity index (χ0) is 12.3. The summed E-state index contributed by atoms with van der Waals surface area (Å²) in [6, 6.07) is 7.67. The van der Waals surface area contributed by atoms with Crippen LogP contribution in [0.25, 0.3) is 0 Å². The Morgan fingerprint density at radius 2 is 1.71 bits per heavy atom. The summed E-state index contributed by atoms with van der Waals surface area (Å²) >= 11 is 0. The lowest BCUT2D eigenvalue weighted by Crippen LogP contribution is -2.21. The van der Waals surface area contributed by atoms with Crippen LogP contribution in [0.4, 0.5) is 0 Å². The summed E-state index contributed by atoms with van der Waals surface area (Å²) in [6.07, 6.45) is 1.09. The molecule has 0 amide bonds. The van der Waals surface area contributed by atoms with E-state index in [0.29, 0.717) is 19.4 Å². The highest BCUT2D eigenvalue weighted by molar-refractivity contribution is 6.02. The summed E-state index contributed by atoms with van der Waals surface area (Å²) in [5, 5.41) is 0. The number of hydrogen-bond donors (Lipinski definition) is 0. The van der Waals surface area contributed by atoms with Gasteiger partial charge in [0.1, 0.15) is 17.3 Å². The average molecular weight is 232 g/mol. The van der Waals surface area contributed by atoms with Crippen molar-refractivity contribution < 1.29 is 14.3 Å². The molecule has 0 aliphatic heterocycles. The zero-order valence-corrected chi connectivity index (χ0v) is 9.94. The Kier molecular flexibility index (Phi) is 3.57. The summed E-state index contributed by atoms with van der Waals surface area (Å²) in [5.41, 5.74) is 1.05. The Hall–Kier alpha value is -1.64. The monoisotopic (exact) mass is 232 g/mol. The van der Waals surface area contributed by atoms with Crippen LogP contribution in [0, 0.1) is 0 Å². The Morgan fingerprint density at radius 3 is 2.24 bits per heavy atom. The van der Waals surface area contributed by atoms with Crippen molar-refractivity contribution in [3.05, 3.63) is 29.8 Å². The average Bonchev–Trinajstić information content (AvgIpc) is 2.29. The highest BCUT2D eigenvalue weighted by atomic mass is 16.5. The Balaban J connectivity index is 2.11. The Bertz CT molecular complexity index is 404. The fraction of sp³-hybridized carbons (Fsp3) is 0.429. The molecule has 0 bridgehead atoms. The van der Waals surface area contributed by atoms with Crippen LogP contribution < -0.4 is 4.74 Å². The second-order valence-electron chi connectivity index (χ2n) is 4.36. The number of rotatable bonds is 3. The third kappa shape index (κ3) is 2.93. The molecule has 1 fully saturated rings. The third-order valence-corrected chi connectivity index (χ3v) is 3.00. The molecule has 0 atom stereocenters. The van der Waals surface area contributed by atoms with Crippen LogP contribution in [0.2, 0.25) is 0 Å². The number of carbonyl (C=O) groups is 2. The lowest BCUT2D eigenvalue weighted by molar-refractivity contribution is -0.130. The molecule has 0 unspecified atom stereocenters. The van der Waals surface area contributed by atoms with Crippen LogP contribution in [0.1, 0.15) is 37.7 Å². The van der Waals surface area contributed by atoms with E-state index < -0.39 is 0 Å². The van der Waals surface area contributed by atoms with Gasteiger partial charge in [-0.3, -0.25) is 9.59 Å². The van der Waals surface area contributed by atoms with Gasteiger partial charge < -0.3 is 4.74 Å². The van der Waals surface area contributed by atoms with E-state index in [1.807, 2.05) is 31.2 Å². The number of Topliss-reactive ketones (excluding diaryl/α,β-unsaturated/α-hetero) is 2. The lowest BCUT2D eigenvalue weighted by atomic mass is 9.83.